The molecule has 2 rings (SSSR count). The maximum atomic E-state index is 12.5. The molecule has 1 aromatic carbocycles. The molecule has 2 aromatic rings. The third-order valence-electron chi connectivity index (χ3n) is 2.72. The van der Waals surface area contributed by atoms with Crippen LogP contribution in [0.25, 0.3) is 0 Å². The highest BCUT2D eigenvalue weighted by Crippen LogP contribution is 2.26. The summed E-state index contributed by atoms with van der Waals surface area (Å²) in [5.74, 6) is -0.500. The van der Waals surface area contributed by atoms with E-state index in [4.69, 9.17) is 23.2 Å². The van der Waals surface area contributed by atoms with Crippen LogP contribution >= 0.6 is 34.7 Å². The number of aliphatic hydroxyl groups excluding tert-OH is 1. The summed E-state index contributed by atoms with van der Waals surface area (Å²) in [6.45, 7) is 3.69. The van der Waals surface area contributed by atoms with E-state index < -0.39 is 12.0 Å². The minimum absolute atomic E-state index is 0.0145. The number of halogens is 2. The van der Waals surface area contributed by atoms with Crippen molar-refractivity contribution in [1.29, 1.82) is 0 Å². The Labute approximate surface area is 136 Å². The molecule has 0 aliphatic carbocycles. The van der Waals surface area contributed by atoms with E-state index in [1.807, 2.05) is 13.8 Å². The number of benzene rings is 1. The van der Waals surface area contributed by atoms with E-state index in [0.29, 0.717) is 10.7 Å². The van der Waals surface area contributed by atoms with Crippen LogP contribution in [0.4, 0.5) is 5.69 Å². The van der Waals surface area contributed by atoms with Crippen molar-refractivity contribution in [2.45, 2.75) is 26.0 Å². The van der Waals surface area contributed by atoms with Crippen molar-refractivity contribution in [1.82, 2.24) is 9.36 Å². The van der Waals surface area contributed by atoms with Gasteiger partial charge in [0.05, 0.1) is 0 Å². The molecule has 112 valence electrons. The van der Waals surface area contributed by atoms with Crippen molar-refractivity contribution >= 4 is 46.3 Å². The number of amides is 1. The fraction of sp³-hybridized carbons (Fsp3) is 0.308. The van der Waals surface area contributed by atoms with Gasteiger partial charge < -0.3 is 10.0 Å². The van der Waals surface area contributed by atoms with Crippen molar-refractivity contribution in [2.75, 3.05) is 4.90 Å². The zero-order chi connectivity index (χ0) is 15.6. The van der Waals surface area contributed by atoms with Gasteiger partial charge in [0.2, 0.25) is 5.28 Å². The molecule has 1 N–H and O–H groups in total. The fourth-order valence-electron chi connectivity index (χ4n) is 1.87. The van der Waals surface area contributed by atoms with Crippen molar-refractivity contribution in [3.05, 3.63) is 39.6 Å². The Hall–Kier alpha value is -1.21. The molecule has 0 aliphatic heterocycles. The van der Waals surface area contributed by atoms with Crippen molar-refractivity contribution < 1.29 is 9.90 Å². The van der Waals surface area contributed by atoms with Crippen LogP contribution in [0.5, 0.6) is 0 Å². The van der Waals surface area contributed by atoms with Crippen molar-refractivity contribution in [3.8, 4) is 0 Å². The second-order valence-corrected chi connectivity index (χ2v) is 6.14. The summed E-state index contributed by atoms with van der Waals surface area (Å²) in [6, 6.07) is 6.72. The van der Waals surface area contributed by atoms with E-state index in [-0.39, 0.29) is 16.3 Å². The number of aliphatic hydroxyl groups is 1. The molecule has 0 saturated heterocycles. The molecule has 21 heavy (non-hydrogen) atoms. The lowest BCUT2D eigenvalue weighted by Gasteiger charge is -2.28. The first-order chi connectivity index (χ1) is 9.90. The van der Waals surface area contributed by atoms with Crippen molar-refractivity contribution in [2.24, 2.45) is 0 Å². The quantitative estimate of drug-likeness (QED) is 0.922. The van der Waals surface area contributed by atoms with Gasteiger partial charge in [-0.15, -0.1) is 0 Å². The molecule has 8 heteroatoms. The smallest absolute Gasteiger partial charge is 0.263 e. The summed E-state index contributed by atoms with van der Waals surface area (Å²) in [6.07, 6.45) is -1.41. The van der Waals surface area contributed by atoms with Gasteiger partial charge >= 0.3 is 0 Å². The summed E-state index contributed by atoms with van der Waals surface area (Å²) in [5, 5.41) is 10.9. The Bertz CT molecular complexity index is 648. The Morgan fingerprint density at radius 3 is 2.62 bits per heavy atom. The summed E-state index contributed by atoms with van der Waals surface area (Å²) < 4.78 is 3.76. The monoisotopic (exact) mass is 345 g/mol. The van der Waals surface area contributed by atoms with Gasteiger partial charge in [-0.1, -0.05) is 17.7 Å². The molecule has 0 fully saturated rings. The number of rotatable bonds is 4. The topological polar surface area (TPSA) is 66.3 Å². The summed E-state index contributed by atoms with van der Waals surface area (Å²) >= 11 is 12.5. The van der Waals surface area contributed by atoms with E-state index in [2.05, 4.69) is 9.36 Å². The van der Waals surface area contributed by atoms with Crippen molar-refractivity contribution in [3.63, 3.8) is 0 Å². The number of hydrogen-bond donors (Lipinski definition) is 1. The Morgan fingerprint density at radius 2 is 2.10 bits per heavy atom. The number of nitrogens with zero attached hydrogens (tertiary/aromatic N) is 3. The Balaban J connectivity index is 2.32. The van der Waals surface area contributed by atoms with Gasteiger partial charge in [-0.2, -0.15) is 4.37 Å². The molecule has 5 nitrogen and oxygen atoms in total. The van der Waals surface area contributed by atoms with Gasteiger partial charge in [-0.25, -0.2) is 4.98 Å². The molecular formula is C13H13Cl2N3O2S. The van der Waals surface area contributed by atoms with E-state index in [9.17, 15) is 9.90 Å². The minimum atomic E-state index is -1.41. The number of carbonyl (C=O) groups is 1. The minimum Gasteiger partial charge on any atom is -0.376 e. The lowest BCUT2D eigenvalue weighted by Crippen LogP contribution is -2.40. The molecule has 1 unspecified atom stereocenters. The molecule has 0 spiro atoms. The first-order valence-corrected chi connectivity index (χ1v) is 7.69. The normalized spacial score (nSPS) is 12.5. The number of anilines is 1. The SMILES string of the molecule is CC(C)N(C(=O)C(O)c1nc(Cl)ns1)c1cccc(Cl)c1. The predicted octanol–water partition coefficient (Wildman–Crippen LogP) is 3.32. The molecule has 1 heterocycles. The standard InChI is InChI=1S/C13H13Cl2N3O2S/c1-7(2)18(9-5-3-4-8(14)6-9)12(20)10(19)11-16-13(15)17-21-11/h3-7,10,19H,1-2H3. The number of aromatic nitrogens is 2. The molecule has 1 atom stereocenters. The highest BCUT2D eigenvalue weighted by Gasteiger charge is 2.29. The second kappa shape index (κ2) is 6.70. The zero-order valence-electron chi connectivity index (χ0n) is 11.3. The third-order valence-corrected chi connectivity index (χ3v) is 4.00. The first-order valence-electron chi connectivity index (χ1n) is 6.16. The lowest BCUT2D eigenvalue weighted by atomic mass is 10.2. The zero-order valence-corrected chi connectivity index (χ0v) is 13.7. The van der Waals surface area contributed by atoms with E-state index >= 15 is 0 Å². The summed E-state index contributed by atoms with van der Waals surface area (Å²) in [4.78, 5) is 17.8. The lowest BCUT2D eigenvalue weighted by molar-refractivity contribution is -0.127. The van der Waals surface area contributed by atoms with Gasteiger partial charge in [0.15, 0.2) is 11.1 Å². The fourth-order valence-corrected chi connectivity index (χ4v) is 2.84. The number of carbonyl (C=O) groups excluding carboxylic acids is 1. The third kappa shape index (κ3) is 3.71. The second-order valence-electron chi connectivity index (χ2n) is 4.59. The molecule has 1 amide bonds. The highest BCUT2D eigenvalue weighted by atomic mass is 35.5. The van der Waals surface area contributed by atoms with Crippen LogP contribution in [0.2, 0.25) is 10.3 Å². The molecule has 1 aromatic heterocycles. The van der Waals surface area contributed by atoms with E-state index in [1.165, 1.54) is 4.90 Å². The van der Waals surface area contributed by atoms with E-state index in [1.54, 1.807) is 24.3 Å². The van der Waals surface area contributed by atoms with Gasteiger partial charge in [-0.3, -0.25) is 4.79 Å². The van der Waals surface area contributed by atoms with Crippen LogP contribution in [-0.4, -0.2) is 26.4 Å². The molecule has 0 aliphatic rings. The first kappa shape index (κ1) is 16.2. The number of hydrogen-bond acceptors (Lipinski definition) is 5. The molecular weight excluding hydrogens is 333 g/mol. The summed E-state index contributed by atoms with van der Waals surface area (Å²) in [5.41, 5.74) is 0.608. The van der Waals surface area contributed by atoms with Crippen LogP contribution in [0.1, 0.15) is 25.0 Å². The summed E-state index contributed by atoms with van der Waals surface area (Å²) in [7, 11) is 0. The predicted molar refractivity (Wildman–Crippen MR) is 84.0 cm³/mol. The van der Waals surface area contributed by atoms with Crippen LogP contribution < -0.4 is 4.90 Å². The highest BCUT2D eigenvalue weighted by molar-refractivity contribution is 7.05. The largest absolute Gasteiger partial charge is 0.376 e. The van der Waals surface area contributed by atoms with Crippen LogP contribution in [0, 0.1) is 0 Å². The van der Waals surface area contributed by atoms with Gasteiger partial charge in [-0.05, 0) is 55.2 Å². The average Bonchev–Trinajstić information content (AvgIpc) is 2.84. The molecule has 0 radical (unpaired) electrons. The Morgan fingerprint density at radius 1 is 1.38 bits per heavy atom. The van der Waals surface area contributed by atoms with Crippen LogP contribution in [0.3, 0.4) is 0 Å². The van der Waals surface area contributed by atoms with Gasteiger partial charge in [0, 0.05) is 16.8 Å². The maximum Gasteiger partial charge on any atom is 0.263 e. The van der Waals surface area contributed by atoms with Crippen LogP contribution in [-0.2, 0) is 4.79 Å². The molecule has 0 saturated carbocycles. The average molecular weight is 346 g/mol. The van der Waals surface area contributed by atoms with Gasteiger partial charge in [0.25, 0.3) is 5.91 Å². The van der Waals surface area contributed by atoms with Gasteiger partial charge in [0.1, 0.15) is 0 Å². The maximum absolute atomic E-state index is 12.5. The van der Waals surface area contributed by atoms with Crippen LogP contribution in [0.15, 0.2) is 24.3 Å². The molecule has 0 bridgehead atoms. The Kier molecular flexibility index (Phi) is 5.16. The van der Waals surface area contributed by atoms with E-state index in [0.717, 1.165) is 11.5 Å².